The van der Waals surface area contributed by atoms with E-state index in [-0.39, 0.29) is 5.60 Å². The van der Waals surface area contributed by atoms with Crippen LogP contribution in [0.2, 0.25) is 0 Å². The molecular weight excluding hydrogens is 212 g/mol. The van der Waals surface area contributed by atoms with Crippen molar-refractivity contribution in [1.29, 1.82) is 0 Å². The molecule has 2 nitrogen and oxygen atoms in total. The molecule has 17 heavy (non-hydrogen) atoms. The van der Waals surface area contributed by atoms with Gasteiger partial charge in [-0.25, -0.2) is 0 Å². The number of fused-ring (bicyclic) bond motifs is 5. The molecule has 1 saturated heterocycles. The van der Waals surface area contributed by atoms with Crippen LogP contribution in [-0.4, -0.2) is 23.9 Å². The molecule has 4 aliphatic rings. The summed E-state index contributed by atoms with van der Waals surface area (Å²) in [6.45, 7) is 1.75. The second-order valence-corrected chi connectivity index (χ2v) is 6.94. The van der Waals surface area contributed by atoms with Gasteiger partial charge in [0.15, 0.2) is 0 Å². The highest BCUT2D eigenvalue weighted by atomic mass is 16.5. The summed E-state index contributed by atoms with van der Waals surface area (Å²) in [7, 11) is 0. The molecule has 2 bridgehead atoms. The fourth-order valence-electron chi connectivity index (χ4n) is 5.83. The maximum absolute atomic E-state index is 11.2. The number of hydrogen-bond donors (Lipinski definition) is 1. The summed E-state index contributed by atoms with van der Waals surface area (Å²) in [5.74, 6) is 3.90. The second-order valence-electron chi connectivity index (χ2n) is 6.94. The summed E-state index contributed by atoms with van der Waals surface area (Å²) in [6, 6.07) is 0. The first-order chi connectivity index (χ1) is 8.29. The molecule has 1 heterocycles. The molecule has 0 spiro atoms. The van der Waals surface area contributed by atoms with Crippen molar-refractivity contribution in [2.45, 2.75) is 50.5 Å². The summed E-state index contributed by atoms with van der Waals surface area (Å²) in [5, 5.41) is 11.2. The third-order valence-corrected chi connectivity index (χ3v) is 6.46. The van der Waals surface area contributed by atoms with E-state index >= 15 is 0 Å². The Morgan fingerprint density at radius 1 is 1.00 bits per heavy atom. The van der Waals surface area contributed by atoms with E-state index < -0.39 is 0 Å². The SMILES string of the molecule is OC1(C2CCOCC2)CC2CC1C1CCCC21. The lowest BCUT2D eigenvalue weighted by Gasteiger charge is -2.45. The number of ether oxygens (including phenoxy) is 1. The van der Waals surface area contributed by atoms with E-state index in [1.54, 1.807) is 0 Å². The molecule has 0 radical (unpaired) electrons. The van der Waals surface area contributed by atoms with Crippen LogP contribution in [0.15, 0.2) is 0 Å². The summed E-state index contributed by atoms with van der Waals surface area (Å²) in [6.07, 6.45) is 8.92. The van der Waals surface area contributed by atoms with Crippen molar-refractivity contribution in [2.24, 2.45) is 29.6 Å². The zero-order chi connectivity index (χ0) is 11.5. The van der Waals surface area contributed by atoms with E-state index in [1.807, 2.05) is 0 Å². The number of aliphatic hydroxyl groups is 1. The monoisotopic (exact) mass is 236 g/mol. The number of rotatable bonds is 1. The molecule has 1 N–H and O–H groups in total. The molecule has 0 aromatic heterocycles. The molecule has 3 saturated carbocycles. The maximum Gasteiger partial charge on any atom is 0.0711 e. The summed E-state index contributed by atoms with van der Waals surface area (Å²) in [5.41, 5.74) is -0.306. The zero-order valence-electron chi connectivity index (χ0n) is 10.6. The standard InChI is InChI=1S/C15H24O2/c16-15(11-4-6-17-7-5-11)9-10-8-14(15)13-3-1-2-12(10)13/h10-14,16H,1-9H2. The van der Waals surface area contributed by atoms with Gasteiger partial charge < -0.3 is 9.84 Å². The molecular formula is C15H24O2. The molecule has 0 aromatic rings. The predicted molar refractivity (Wildman–Crippen MR) is 65.5 cm³/mol. The van der Waals surface area contributed by atoms with Crippen LogP contribution in [0.25, 0.3) is 0 Å². The van der Waals surface area contributed by atoms with Crippen LogP contribution >= 0.6 is 0 Å². The molecule has 2 heteroatoms. The fourth-order valence-corrected chi connectivity index (χ4v) is 5.83. The lowest BCUT2D eigenvalue weighted by molar-refractivity contribution is -0.118. The molecule has 96 valence electrons. The van der Waals surface area contributed by atoms with Crippen LogP contribution in [0.5, 0.6) is 0 Å². The Morgan fingerprint density at radius 3 is 2.59 bits per heavy atom. The van der Waals surface area contributed by atoms with Crippen molar-refractivity contribution < 1.29 is 9.84 Å². The summed E-state index contributed by atoms with van der Waals surface area (Å²) < 4.78 is 5.46. The third-order valence-electron chi connectivity index (χ3n) is 6.46. The lowest BCUT2D eigenvalue weighted by atomic mass is 9.66. The van der Waals surface area contributed by atoms with Crippen LogP contribution < -0.4 is 0 Å². The quantitative estimate of drug-likeness (QED) is 0.758. The molecule has 5 atom stereocenters. The highest BCUT2D eigenvalue weighted by Gasteiger charge is 2.62. The van der Waals surface area contributed by atoms with Crippen LogP contribution in [0.3, 0.4) is 0 Å². The van der Waals surface area contributed by atoms with Gasteiger partial charge in [0.1, 0.15) is 0 Å². The largest absolute Gasteiger partial charge is 0.389 e. The Kier molecular flexibility index (Phi) is 2.36. The van der Waals surface area contributed by atoms with Gasteiger partial charge in [0.25, 0.3) is 0 Å². The van der Waals surface area contributed by atoms with Crippen molar-refractivity contribution in [3.8, 4) is 0 Å². The van der Waals surface area contributed by atoms with Gasteiger partial charge in [0, 0.05) is 13.2 Å². The average molecular weight is 236 g/mol. The van der Waals surface area contributed by atoms with Gasteiger partial charge in [-0.15, -0.1) is 0 Å². The Hall–Kier alpha value is -0.0800. The molecule has 0 amide bonds. The van der Waals surface area contributed by atoms with Crippen LogP contribution in [0.1, 0.15) is 44.9 Å². The van der Waals surface area contributed by atoms with Crippen molar-refractivity contribution in [3.05, 3.63) is 0 Å². The van der Waals surface area contributed by atoms with Crippen molar-refractivity contribution in [3.63, 3.8) is 0 Å². The Bertz CT molecular complexity index is 310. The summed E-state index contributed by atoms with van der Waals surface area (Å²) >= 11 is 0. The van der Waals surface area contributed by atoms with Gasteiger partial charge in [-0.1, -0.05) is 6.42 Å². The van der Waals surface area contributed by atoms with E-state index in [4.69, 9.17) is 4.74 Å². The van der Waals surface area contributed by atoms with E-state index in [0.29, 0.717) is 11.8 Å². The Morgan fingerprint density at radius 2 is 1.76 bits per heavy atom. The first-order valence-corrected chi connectivity index (χ1v) is 7.59. The minimum absolute atomic E-state index is 0.306. The Labute approximate surface area is 104 Å². The van der Waals surface area contributed by atoms with E-state index in [9.17, 15) is 5.11 Å². The average Bonchev–Trinajstić information content (AvgIpc) is 3.00. The van der Waals surface area contributed by atoms with Gasteiger partial charge in [0.05, 0.1) is 5.60 Å². The Balaban J connectivity index is 1.59. The third kappa shape index (κ3) is 1.40. The first-order valence-electron chi connectivity index (χ1n) is 7.59. The van der Waals surface area contributed by atoms with Crippen LogP contribution in [-0.2, 0) is 4.74 Å². The lowest BCUT2D eigenvalue weighted by Crippen LogP contribution is -2.49. The van der Waals surface area contributed by atoms with Crippen molar-refractivity contribution in [1.82, 2.24) is 0 Å². The zero-order valence-corrected chi connectivity index (χ0v) is 10.6. The van der Waals surface area contributed by atoms with Crippen LogP contribution in [0, 0.1) is 29.6 Å². The number of hydrogen-bond acceptors (Lipinski definition) is 2. The highest BCUT2D eigenvalue weighted by molar-refractivity contribution is 5.12. The minimum Gasteiger partial charge on any atom is -0.389 e. The van der Waals surface area contributed by atoms with E-state index in [1.165, 1.54) is 25.7 Å². The molecule has 0 aromatic carbocycles. The molecule has 5 unspecified atom stereocenters. The smallest absolute Gasteiger partial charge is 0.0711 e. The van der Waals surface area contributed by atoms with Crippen LogP contribution in [0.4, 0.5) is 0 Å². The molecule has 1 aliphatic heterocycles. The predicted octanol–water partition coefficient (Wildman–Crippen LogP) is 2.60. The van der Waals surface area contributed by atoms with E-state index in [0.717, 1.165) is 50.2 Å². The van der Waals surface area contributed by atoms with Gasteiger partial charge in [-0.2, -0.15) is 0 Å². The minimum atomic E-state index is -0.306. The highest BCUT2D eigenvalue weighted by Crippen LogP contribution is 2.64. The maximum atomic E-state index is 11.2. The molecule has 3 aliphatic carbocycles. The first kappa shape index (κ1) is 10.8. The van der Waals surface area contributed by atoms with Crippen molar-refractivity contribution in [2.75, 3.05) is 13.2 Å². The van der Waals surface area contributed by atoms with Gasteiger partial charge in [-0.05, 0) is 68.1 Å². The van der Waals surface area contributed by atoms with E-state index in [2.05, 4.69) is 0 Å². The van der Waals surface area contributed by atoms with Gasteiger partial charge in [-0.3, -0.25) is 0 Å². The second kappa shape index (κ2) is 3.71. The normalized spacial score (nSPS) is 54.2. The molecule has 4 fully saturated rings. The van der Waals surface area contributed by atoms with Gasteiger partial charge >= 0.3 is 0 Å². The summed E-state index contributed by atoms with van der Waals surface area (Å²) in [4.78, 5) is 0. The fraction of sp³-hybridized carbons (Fsp3) is 1.00. The molecule has 4 rings (SSSR count). The van der Waals surface area contributed by atoms with Gasteiger partial charge in [0.2, 0.25) is 0 Å². The topological polar surface area (TPSA) is 29.5 Å². The van der Waals surface area contributed by atoms with Crippen molar-refractivity contribution >= 4 is 0 Å².